The van der Waals surface area contributed by atoms with Crippen molar-refractivity contribution in [3.63, 3.8) is 0 Å². The highest BCUT2D eigenvalue weighted by atomic mass is 32.1. The molecular formula is C18H12F2N4OS. The van der Waals surface area contributed by atoms with Gasteiger partial charge in [0.25, 0.3) is 0 Å². The van der Waals surface area contributed by atoms with Crippen LogP contribution in [0.15, 0.2) is 55.1 Å². The fraction of sp³-hybridized carbons (Fsp3) is 0.0556. The van der Waals surface area contributed by atoms with E-state index in [1.54, 1.807) is 12.4 Å². The molecule has 0 bridgehead atoms. The predicted octanol–water partition coefficient (Wildman–Crippen LogP) is 3.96. The minimum absolute atomic E-state index is 0.253. The van der Waals surface area contributed by atoms with E-state index >= 15 is 0 Å². The Bertz CT molecular complexity index is 1030. The van der Waals surface area contributed by atoms with E-state index in [0.29, 0.717) is 16.3 Å². The van der Waals surface area contributed by atoms with Gasteiger partial charge in [-0.1, -0.05) is 6.07 Å². The Morgan fingerprint density at radius 1 is 1.04 bits per heavy atom. The number of thiophene rings is 1. The first-order chi connectivity index (χ1) is 12.6. The number of aliphatic hydroxyl groups excluding tert-OH is 1. The molecule has 0 aliphatic rings. The molecule has 0 aliphatic carbocycles. The lowest BCUT2D eigenvalue weighted by atomic mass is 10.0. The van der Waals surface area contributed by atoms with Crippen molar-refractivity contribution < 1.29 is 13.9 Å². The summed E-state index contributed by atoms with van der Waals surface area (Å²) in [7, 11) is 0. The lowest BCUT2D eigenvalue weighted by Gasteiger charge is -2.11. The zero-order chi connectivity index (χ0) is 18.1. The van der Waals surface area contributed by atoms with Gasteiger partial charge in [-0.15, -0.1) is 11.3 Å². The van der Waals surface area contributed by atoms with Gasteiger partial charge in [-0.3, -0.25) is 10.1 Å². The van der Waals surface area contributed by atoms with Crippen molar-refractivity contribution in [3.05, 3.63) is 77.9 Å². The van der Waals surface area contributed by atoms with Crippen LogP contribution in [0.5, 0.6) is 0 Å². The van der Waals surface area contributed by atoms with Crippen LogP contribution in [-0.4, -0.2) is 25.3 Å². The fourth-order valence-electron chi connectivity index (χ4n) is 2.63. The smallest absolute Gasteiger partial charge is 0.165 e. The van der Waals surface area contributed by atoms with Crippen molar-refractivity contribution in [1.82, 2.24) is 20.2 Å². The normalized spacial score (nSPS) is 12.3. The highest BCUT2D eigenvalue weighted by Gasteiger charge is 2.22. The first kappa shape index (κ1) is 16.5. The number of pyridine rings is 1. The van der Waals surface area contributed by atoms with Crippen molar-refractivity contribution in [1.29, 1.82) is 0 Å². The Hall–Kier alpha value is -2.97. The van der Waals surface area contributed by atoms with E-state index in [1.165, 1.54) is 23.7 Å². The maximum atomic E-state index is 13.6. The largest absolute Gasteiger partial charge is 0.384 e. The molecule has 4 rings (SSSR count). The monoisotopic (exact) mass is 370 g/mol. The molecular weight excluding hydrogens is 358 g/mol. The Balaban J connectivity index is 1.83. The van der Waals surface area contributed by atoms with Crippen LogP contribution in [0.2, 0.25) is 0 Å². The summed E-state index contributed by atoms with van der Waals surface area (Å²) in [6.45, 7) is 0. The SMILES string of the molecule is OC(c1ccc(F)c(F)c1)c1cc(-c2ccncc2)sc1-c1ncn[nH]1. The Morgan fingerprint density at radius 3 is 2.54 bits per heavy atom. The van der Waals surface area contributed by atoms with E-state index in [2.05, 4.69) is 20.2 Å². The molecule has 4 aromatic rings. The van der Waals surface area contributed by atoms with E-state index in [9.17, 15) is 13.9 Å². The van der Waals surface area contributed by atoms with Crippen molar-refractivity contribution in [2.75, 3.05) is 0 Å². The van der Waals surface area contributed by atoms with Gasteiger partial charge in [0.1, 0.15) is 12.4 Å². The van der Waals surface area contributed by atoms with E-state index in [-0.39, 0.29) is 5.56 Å². The van der Waals surface area contributed by atoms with E-state index in [1.807, 2.05) is 18.2 Å². The molecule has 0 fully saturated rings. The summed E-state index contributed by atoms with van der Waals surface area (Å²) in [5.41, 5.74) is 1.71. The molecule has 8 heteroatoms. The van der Waals surface area contributed by atoms with Crippen LogP contribution in [0.1, 0.15) is 17.2 Å². The van der Waals surface area contributed by atoms with E-state index < -0.39 is 17.7 Å². The molecule has 0 amide bonds. The summed E-state index contributed by atoms with van der Waals surface area (Å²) in [4.78, 5) is 9.71. The maximum absolute atomic E-state index is 13.6. The van der Waals surface area contributed by atoms with Crippen LogP contribution in [0.25, 0.3) is 21.1 Å². The standard InChI is InChI=1S/C18H12F2N4OS/c19-13-2-1-11(7-14(13)20)16(25)12-8-15(10-3-5-21-6-4-10)26-17(12)18-22-9-23-24-18/h1-9,16,25H,(H,22,23,24). The number of rotatable bonds is 4. The Kier molecular flexibility index (Phi) is 4.27. The third kappa shape index (κ3) is 3.00. The van der Waals surface area contributed by atoms with Crippen molar-refractivity contribution >= 4 is 11.3 Å². The average molecular weight is 370 g/mol. The number of benzene rings is 1. The van der Waals surface area contributed by atoms with E-state index in [0.717, 1.165) is 22.6 Å². The summed E-state index contributed by atoms with van der Waals surface area (Å²) in [6, 6.07) is 8.86. The highest BCUT2D eigenvalue weighted by molar-refractivity contribution is 7.19. The lowest BCUT2D eigenvalue weighted by molar-refractivity contribution is 0.220. The van der Waals surface area contributed by atoms with Gasteiger partial charge in [0.05, 0.1) is 4.88 Å². The van der Waals surface area contributed by atoms with Crippen LogP contribution >= 0.6 is 11.3 Å². The molecule has 1 unspecified atom stereocenters. The van der Waals surface area contributed by atoms with Crippen molar-refractivity contribution in [3.8, 4) is 21.1 Å². The summed E-state index contributed by atoms with van der Waals surface area (Å²) < 4.78 is 26.8. The zero-order valence-corrected chi connectivity index (χ0v) is 14.0. The molecule has 1 aromatic carbocycles. The molecule has 0 aliphatic heterocycles. The third-order valence-corrected chi connectivity index (χ3v) is 5.12. The molecule has 5 nitrogen and oxygen atoms in total. The minimum Gasteiger partial charge on any atom is -0.384 e. The molecule has 0 saturated carbocycles. The molecule has 26 heavy (non-hydrogen) atoms. The second kappa shape index (κ2) is 6.74. The highest BCUT2D eigenvalue weighted by Crippen LogP contribution is 2.41. The number of aliphatic hydroxyl groups is 1. The second-order valence-electron chi connectivity index (χ2n) is 5.54. The van der Waals surface area contributed by atoms with Gasteiger partial charge in [0, 0.05) is 22.8 Å². The van der Waals surface area contributed by atoms with Crippen LogP contribution < -0.4 is 0 Å². The molecule has 3 heterocycles. The molecule has 0 spiro atoms. The molecule has 0 radical (unpaired) electrons. The third-order valence-electron chi connectivity index (χ3n) is 3.91. The van der Waals surface area contributed by atoms with E-state index in [4.69, 9.17) is 0 Å². The van der Waals surface area contributed by atoms with Crippen LogP contribution in [0.4, 0.5) is 8.78 Å². The number of hydrogen-bond acceptors (Lipinski definition) is 5. The van der Waals surface area contributed by atoms with Gasteiger partial charge < -0.3 is 5.11 Å². The number of aromatic nitrogens is 4. The average Bonchev–Trinajstić information content (AvgIpc) is 3.33. The van der Waals surface area contributed by atoms with Crippen LogP contribution in [-0.2, 0) is 0 Å². The first-order valence-electron chi connectivity index (χ1n) is 7.66. The number of nitrogens with zero attached hydrogens (tertiary/aromatic N) is 3. The topological polar surface area (TPSA) is 74.7 Å². The number of nitrogens with one attached hydrogen (secondary N) is 1. The second-order valence-corrected chi connectivity index (χ2v) is 6.59. The van der Waals surface area contributed by atoms with Gasteiger partial charge in [0.15, 0.2) is 17.5 Å². The Morgan fingerprint density at radius 2 is 1.85 bits per heavy atom. The zero-order valence-electron chi connectivity index (χ0n) is 13.2. The van der Waals surface area contributed by atoms with Gasteiger partial charge >= 0.3 is 0 Å². The van der Waals surface area contributed by atoms with Crippen molar-refractivity contribution in [2.45, 2.75) is 6.10 Å². The number of halogens is 2. The summed E-state index contributed by atoms with van der Waals surface area (Å²) >= 11 is 1.41. The minimum atomic E-state index is -1.14. The lowest BCUT2D eigenvalue weighted by Crippen LogP contribution is -2.01. The summed E-state index contributed by atoms with van der Waals surface area (Å²) in [6.07, 6.45) is 3.58. The first-order valence-corrected chi connectivity index (χ1v) is 8.48. The van der Waals surface area contributed by atoms with Gasteiger partial charge in [-0.05, 0) is 41.5 Å². The van der Waals surface area contributed by atoms with Crippen LogP contribution in [0.3, 0.4) is 0 Å². The summed E-state index contributed by atoms with van der Waals surface area (Å²) in [5, 5.41) is 17.4. The predicted molar refractivity (Wildman–Crippen MR) is 93.3 cm³/mol. The molecule has 1 atom stereocenters. The molecule has 0 saturated heterocycles. The number of aromatic amines is 1. The number of H-pyrrole nitrogens is 1. The van der Waals surface area contributed by atoms with Gasteiger partial charge in [-0.25, -0.2) is 13.8 Å². The maximum Gasteiger partial charge on any atom is 0.165 e. The van der Waals surface area contributed by atoms with Gasteiger partial charge in [0.2, 0.25) is 0 Å². The molecule has 3 aromatic heterocycles. The van der Waals surface area contributed by atoms with Crippen molar-refractivity contribution in [2.24, 2.45) is 0 Å². The fourth-order valence-corrected chi connectivity index (χ4v) is 3.77. The van der Waals surface area contributed by atoms with Crippen LogP contribution in [0, 0.1) is 11.6 Å². The number of hydrogen-bond donors (Lipinski definition) is 2. The Labute approximate surface area is 151 Å². The summed E-state index contributed by atoms with van der Waals surface area (Å²) in [5.74, 6) is -1.47. The quantitative estimate of drug-likeness (QED) is 0.570. The molecule has 130 valence electrons. The van der Waals surface area contributed by atoms with Gasteiger partial charge in [-0.2, -0.15) is 5.10 Å². The molecule has 2 N–H and O–H groups in total.